The summed E-state index contributed by atoms with van der Waals surface area (Å²) in [4.78, 5) is 0. The van der Waals surface area contributed by atoms with Gasteiger partial charge in [0.05, 0.1) is 11.5 Å². The molecule has 0 bridgehead atoms. The summed E-state index contributed by atoms with van der Waals surface area (Å²) in [6, 6.07) is 0. The minimum Gasteiger partial charge on any atom is -0.391 e. The molecule has 1 nitrogen and oxygen atoms in total. The molecule has 2 atom stereocenters. The van der Waals surface area contributed by atoms with Gasteiger partial charge in [-0.05, 0) is 18.8 Å². The summed E-state index contributed by atoms with van der Waals surface area (Å²) < 4.78 is 0. The molecule has 0 amide bonds. The zero-order chi connectivity index (χ0) is 14.2. The predicted molar refractivity (Wildman–Crippen MR) is 82.2 cm³/mol. The van der Waals surface area contributed by atoms with Gasteiger partial charge in [-0.15, -0.1) is 18.2 Å². The van der Waals surface area contributed by atoms with E-state index in [2.05, 4.69) is 34.3 Å². The Kier molecular flexibility index (Phi) is 8.98. The van der Waals surface area contributed by atoms with Crippen LogP contribution in [0.25, 0.3) is 0 Å². The molecule has 0 saturated carbocycles. The second-order valence-corrected chi connectivity index (χ2v) is 6.28. The number of hydrogen-bond donors (Lipinski definition) is 1. The van der Waals surface area contributed by atoms with E-state index in [-0.39, 0.29) is 16.7 Å². The molecule has 2 heteroatoms. The van der Waals surface area contributed by atoms with Gasteiger partial charge in [0.15, 0.2) is 0 Å². The van der Waals surface area contributed by atoms with E-state index < -0.39 is 6.10 Å². The fourth-order valence-electron chi connectivity index (χ4n) is 2.44. The minimum absolute atomic E-state index is 0.197. The van der Waals surface area contributed by atoms with Crippen molar-refractivity contribution in [1.82, 2.24) is 0 Å². The minimum atomic E-state index is -0.491. The van der Waals surface area contributed by atoms with Crippen LogP contribution in [0.3, 0.4) is 0 Å². The van der Waals surface area contributed by atoms with E-state index in [1.165, 1.54) is 0 Å². The molecule has 0 radical (unpaired) electrons. The van der Waals surface area contributed by atoms with Crippen LogP contribution in [0.15, 0.2) is 12.7 Å². The summed E-state index contributed by atoms with van der Waals surface area (Å²) in [5, 5.41) is 10.5. The van der Waals surface area contributed by atoms with Gasteiger partial charge >= 0.3 is 0 Å². The number of rotatable bonds is 10. The highest BCUT2D eigenvalue weighted by molar-refractivity contribution is 6.21. The molecule has 0 saturated heterocycles. The lowest BCUT2D eigenvalue weighted by Crippen LogP contribution is -2.42. The number of halogens is 1. The molecule has 0 aromatic heterocycles. The summed E-state index contributed by atoms with van der Waals surface area (Å²) >= 11 is 6.39. The Morgan fingerprint density at radius 2 is 1.61 bits per heavy atom. The molecule has 2 unspecified atom stereocenters. The first-order valence-corrected chi connectivity index (χ1v) is 7.84. The second-order valence-electron chi connectivity index (χ2n) is 5.78. The van der Waals surface area contributed by atoms with Gasteiger partial charge in [0.1, 0.15) is 0 Å². The third-order valence-corrected chi connectivity index (χ3v) is 4.67. The SMILES string of the molecule is C=CC(CCCC)(CCCC)C(O)C(Cl)C(C)C. The highest BCUT2D eigenvalue weighted by atomic mass is 35.5. The third kappa shape index (κ3) is 4.93. The Hall–Kier alpha value is -0.0100. The summed E-state index contributed by atoms with van der Waals surface area (Å²) in [6.07, 6.45) is 7.97. The first-order chi connectivity index (χ1) is 8.45. The fraction of sp³-hybridized carbons (Fsp3) is 0.875. The van der Waals surface area contributed by atoms with Crippen molar-refractivity contribution in [3.63, 3.8) is 0 Å². The maximum atomic E-state index is 10.6. The zero-order valence-corrected chi connectivity index (χ0v) is 13.3. The Bertz CT molecular complexity index is 217. The molecule has 0 aliphatic rings. The third-order valence-electron chi connectivity index (χ3n) is 3.93. The lowest BCUT2D eigenvalue weighted by atomic mass is 9.71. The van der Waals surface area contributed by atoms with Gasteiger partial charge in [0, 0.05) is 5.41 Å². The maximum Gasteiger partial charge on any atom is 0.0796 e. The maximum absolute atomic E-state index is 10.6. The molecule has 0 aliphatic carbocycles. The van der Waals surface area contributed by atoms with E-state index in [9.17, 15) is 5.11 Å². The Balaban J connectivity index is 4.94. The summed E-state index contributed by atoms with van der Waals surface area (Å²) in [5.41, 5.74) is -0.206. The second kappa shape index (κ2) is 8.98. The van der Waals surface area contributed by atoms with Gasteiger partial charge in [0.2, 0.25) is 0 Å². The van der Waals surface area contributed by atoms with Crippen LogP contribution in [0.1, 0.15) is 66.2 Å². The van der Waals surface area contributed by atoms with Crippen LogP contribution in [0.4, 0.5) is 0 Å². The van der Waals surface area contributed by atoms with Crippen molar-refractivity contribution in [1.29, 1.82) is 0 Å². The topological polar surface area (TPSA) is 20.2 Å². The van der Waals surface area contributed by atoms with Crippen LogP contribution in [-0.2, 0) is 0 Å². The van der Waals surface area contributed by atoms with Gasteiger partial charge in [0.25, 0.3) is 0 Å². The van der Waals surface area contributed by atoms with E-state index in [4.69, 9.17) is 11.6 Å². The molecule has 0 spiro atoms. The quantitative estimate of drug-likeness (QED) is 0.431. The van der Waals surface area contributed by atoms with Crippen molar-refractivity contribution >= 4 is 11.6 Å². The molecule has 0 fully saturated rings. The van der Waals surface area contributed by atoms with Gasteiger partial charge in [-0.2, -0.15) is 0 Å². The smallest absolute Gasteiger partial charge is 0.0796 e. The van der Waals surface area contributed by atoms with E-state index in [1.807, 2.05) is 6.08 Å². The van der Waals surface area contributed by atoms with Crippen LogP contribution in [0, 0.1) is 11.3 Å². The molecule has 18 heavy (non-hydrogen) atoms. The molecule has 0 aliphatic heterocycles. The van der Waals surface area contributed by atoms with Gasteiger partial charge in [-0.3, -0.25) is 0 Å². The number of unbranched alkanes of at least 4 members (excludes halogenated alkanes) is 2. The largest absolute Gasteiger partial charge is 0.391 e. The average Bonchev–Trinajstić information content (AvgIpc) is 2.38. The molecule has 108 valence electrons. The predicted octanol–water partition coefficient (Wildman–Crippen LogP) is 5.16. The first kappa shape index (κ1) is 18.0. The molecule has 0 heterocycles. The summed E-state index contributed by atoms with van der Waals surface area (Å²) in [5.74, 6) is 0.282. The van der Waals surface area contributed by atoms with Crippen molar-refractivity contribution in [2.45, 2.75) is 77.7 Å². The van der Waals surface area contributed by atoms with Gasteiger partial charge in [-0.1, -0.05) is 59.5 Å². The van der Waals surface area contributed by atoms with Crippen molar-refractivity contribution in [3.05, 3.63) is 12.7 Å². The Labute approximate surface area is 119 Å². The van der Waals surface area contributed by atoms with Crippen molar-refractivity contribution in [2.24, 2.45) is 11.3 Å². The molecule has 1 N–H and O–H groups in total. The Morgan fingerprint density at radius 3 is 1.89 bits per heavy atom. The number of aliphatic hydroxyl groups excluding tert-OH is 1. The van der Waals surface area contributed by atoms with Crippen molar-refractivity contribution in [2.75, 3.05) is 0 Å². The van der Waals surface area contributed by atoms with E-state index in [0.717, 1.165) is 38.5 Å². The normalized spacial score (nSPS) is 15.7. The lowest BCUT2D eigenvalue weighted by molar-refractivity contribution is 0.0304. The molecular weight excluding hydrogens is 244 g/mol. The standard InChI is InChI=1S/C16H31ClO/c1-6-9-11-16(8-3,12-10-7-2)15(18)14(17)13(4)5/h8,13-15,18H,3,6-7,9-12H2,1-2,4-5H3. The Morgan fingerprint density at radius 1 is 1.17 bits per heavy atom. The molecule has 0 aromatic rings. The van der Waals surface area contributed by atoms with Gasteiger partial charge in [-0.25, -0.2) is 0 Å². The van der Waals surface area contributed by atoms with Crippen LogP contribution in [0.2, 0.25) is 0 Å². The van der Waals surface area contributed by atoms with Crippen LogP contribution < -0.4 is 0 Å². The summed E-state index contributed by atoms with van der Waals surface area (Å²) in [7, 11) is 0. The average molecular weight is 275 g/mol. The highest BCUT2D eigenvalue weighted by Gasteiger charge is 2.38. The van der Waals surface area contributed by atoms with Gasteiger partial charge < -0.3 is 5.11 Å². The highest BCUT2D eigenvalue weighted by Crippen LogP contribution is 2.40. The monoisotopic (exact) mass is 274 g/mol. The van der Waals surface area contributed by atoms with Crippen LogP contribution in [-0.4, -0.2) is 16.6 Å². The first-order valence-electron chi connectivity index (χ1n) is 7.40. The molecular formula is C16H31ClO. The number of aliphatic hydroxyl groups is 1. The van der Waals surface area contributed by atoms with E-state index in [0.29, 0.717) is 0 Å². The van der Waals surface area contributed by atoms with Crippen LogP contribution in [0.5, 0.6) is 0 Å². The fourth-order valence-corrected chi connectivity index (χ4v) is 2.69. The zero-order valence-electron chi connectivity index (χ0n) is 12.6. The van der Waals surface area contributed by atoms with Crippen LogP contribution >= 0.6 is 11.6 Å². The van der Waals surface area contributed by atoms with E-state index in [1.54, 1.807) is 0 Å². The lowest BCUT2D eigenvalue weighted by Gasteiger charge is -2.39. The summed E-state index contributed by atoms with van der Waals surface area (Å²) in [6.45, 7) is 12.5. The van der Waals surface area contributed by atoms with Crippen molar-refractivity contribution < 1.29 is 5.11 Å². The number of alkyl halides is 1. The van der Waals surface area contributed by atoms with E-state index >= 15 is 0 Å². The molecule has 0 rings (SSSR count). The molecule has 0 aromatic carbocycles. The number of hydrogen-bond acceptors (Lipinski definition) is 1. The van der Waals surface area contributed by atoms with Crippen molar-refractivity contribution in [3.8, 4) is 0 Å².